The predicted molar refractivity (Wildman–Crippen MR) is 127 cm³/mol. The first-order valence-electron chi connectivity index (χ1n) is 11.2. The third-order valence-corrected chi connectivity index (χ3v) is 7.05. The molecule has 3 heterocycles. The summed E-state index contributed by atoms with van der Waals surface area (Å²) in [7, 11) is 0. The van der Waals surface area contributed by atoms with E-state index < -0.39 is 0 Å². The highest BCUT2D eigenvalue weighted by atomic mass is 35.5. The van der Waals surface area contributed by atoms with Crippen molar-refractivity contribution in [1.82, 2.24) is 9.88 Å². The van der Waals surface area contributed by atoms with Crippen LogP contribution in [0, 0.1) is 0 Å². The zero-order valence-corrected chi connectivity index (χ0v) is 18.7. The Balaban J connectivity index is 1.22. The molecule has 1 fully saturated rings. The van der Waals surface area contributed by atoms with Gasteiger partial charge in [0.15, 0.2) is 0 Å². The highest BCUT2D eigenvalue weighted by Gasteiger charge is 2.40. The number of hydrogen-bond donors (Lipinski definition) is 0. The summed E-state index contributed by atoms with van der Waals surface area (Å²) in [6.07, 6.45) is 4.23. The standard InChI is InChI=1S/C27H23ClN2O3/c28-26-13-17(9-10-29-26)18-11-19-14-32-15-20(12-18)30(19)27(31)33-16-25-23-7-3-1-5-21(23)22-6-2-4-8-24(22)25/h1-11,13,19-20,25H,12,14-16H2. The van der Waals surface area contributed by atoms with E-state index in [0.29, 0.717) is 31.4 Å². The van der Waals surface area contributed by atoms with Crippen molar-refractivity contribution in [2.45, 2.75) is 24.4 Å². The number of nitrogens with zero attached hydrogens (tertiary/aromatic N) is 2. The van der Waals surface area contributed by atoms with Crippen LogP contribution in [0.1, 0.15) is 29.0 Å². The molecule has 166 valence electrons. The maximum absolute atomic E-state index is 13.3. The van der Waals surface area contributed by atoms with Crippen LogP contribution in [0.4, 0.5) is 4.79 Å². The molecule has 0 N–H and O–H groups in total. The Kier molecular flexibility index (Phi) is 5.16. The van der Waals surface area contributed by atoms with Gasteiger partial charge in [0.2, 0.25) is 0 Å². The molecule has 2 unspecified atom stereocenters. The monoisotopic (exact) mass is 458 g/mol. The van der Waals surface area contributed by atoms with Gasteiger partial charge in [-0.1, -0.05) is 66.2 Å². The van der Waals surface area contributed by atoms with Gasteiger partial charge in [-0.25, -0.2) is 9.78 Å². The van der Waals surface area contributed by atoms with Crippen LogP contribution < -0.4 is 0 Å². The molecule has 6 rings (SSSR count). The summed E-state index contributed by atoms with van der Waals surface area (Å²) < 4.78 is 11.7. The lowest BCUT2D eigenvalue weighted by molar-refractivity contribution is -0.0331. The molecule has 0 spiro atoms. The molecule has 1 aliphatic carbocycles. The highest BCUT2D eigenvalue weighted by Crippen LogP contribution is 2.44. The topological polar surface area (TPSA) is 51.7 Å². The third-order valence-electron chi connectivity index (χ3n) is 6.84. The molecular weight excluding hydrogens is 436 g/mol. The normalized spacial score (nSPS) is 21.2. The molecule has 1 aromatic heterocycles. The number of rotatable bonds is 3. The van der Waals surface area contributed by atoms with Crippen LogP contribution in [0.3, 0.4) is 0 Å². The molecule has 1 saturated heterocycles. The Bertz CT molecular complexity index is 1210. The predicted octanol–water partition coefficient (Wildman–Crippen LogP) is 5.54. The Morgan fingerprint density at radius 2 is 1.79 bits per heavy atom. The van der Waals surface area contributed by atoms with Crippen LogP contribution in [0.25, 0.3) is 16.7 Å². The van der Waals surface area contributed by atoms with Gasteiger partial charge in [0, 0.05) is 12.1 Å². The number of hydrogen-bond acceptors (Lipinski definition) is 4. The van der Waals surface area contributed by atoms with Crippen molar-refractivity contribution in [2.24, 2.45) is 0 Å². The minimum atomic E-state index is -0.279. The van der Waals surface area contributed by atoms with Crippen molar-refractivity contribution < 1.29 is 14.3 Å². The smallest absolute Gasteiger partial charge is 0.410 e. The van der Waals surface area contributed by atoms with Crippen LogP contribution in [0.2, 0.25) is 5.15 Å². The maximum Gasteiger partial charge on any atom is 0.410 e. The van der Waals surface area contributed by atoms with E-state index in [1.54, 1.807) is 6.20 Å². The fourth-order valence-corrected chi connectivity index (χ4v) is 5.54. The van der Waals surface area contributed by atoms with Gasteiger partial charge in [-0.05, 0) is 51.9 Å². The van der Waals surface area contributed by atoms with Gasteiger partial charge >= 0.3 is 6.09 Å². The van der Waals surface area contributed by atoms with E-state index in [9.17, 15) is 4.79 Å². The van der Waals surface area contributed by atoms with Gasteiger partial charge in [-0.15, -0.1) is 0 Å². The first-order chi connectivity index (χ1) is 16.2. The summed E-state index contributed by atoms with van der Waals surface area (Å²) in [6.45, 7) is 1.28. The number of pyridine rings is 1. The molecule has 2 bridgehead atoms. The Morgan fingerprint density at radius 3 is 2.48 bits per heavy atom. The van der Waals surface area contributed by atoms with Gasteiger partial charge < -0.3 is 9.47 Å². The van der Waals surface area contributed by atoms with Crippen LogP contribution >= 0.6 is 11.6 Å². The van der Waals surface area contributed by atoms with Crippen LogP contribution in [-0.4, -0.2) is 47.9 Å². The molecule has 0 radical (unpaired) electrons. The van der Waals surface area contributed by atoms with E-state index >= 15 is 0 Å². The van der Waals surface area contributed by atoms with Crippen molar-refractivity contribution in [3.8, 4) is 11.1 Å². The van der Waals surface area contributed by atoms with Gasteiger partial charge in [0.05, 0.1) is 25.3 Å². The van der Waals surface area contributed by atoms with E-state index in [2.05, 4.69) is 47.5 Å². The molecule has 3 aliphatic rings. The molecule has 2 aromatic carbocycles. The van der Waals surface area contributed by atoms with E-state index in [4.69, 9.17) is 21.1 Å². The van der Waals surface area contributed by atoms with Crippen molar-refractivity contribution in [1.29, 1.82) is 0 Å². The number of ether oxygens (including phenoxy) is 2. The summed E-state index contributed by atoms with van der Waals surface area (Å²) in [6, 6.07) is 20.3. The number of fused-ring (bicyclic) bond motifs is 5. The van der Waals surface area contributed by atoms with Crippen LogP contribution in [0.5, 0.6) is 0 Å². The summed E-state index contributed by atoms with van der Waals surface area (Å²) >= 11 is 6.09. The lowest BCUT2D eigenvalue weighted by Gasteiger charge is -2.44. The summed E-state index contributed by atoms with van der Waals surface area (Å²) in [5.74, 6) is 0.0484. The number of carbonyl (C=O) groups is 1. The molecule has 3 aromatic rings. The average molecular weight is 459 g/mol. The Labute approximate surface area is 197 Å². The van der Waals surface area contributed by atoms with Crippen molar-refractivity contribution in [2.75, 3.05) is 19.8 Å². The van der Waals surface area contributed by atoms with Crippen LogP contribution in [0.15, 0.2) is 72.9 Å². The first kappa shape index (κ1) is 20.5. The van der Waals surface area contributed by atoms with Gasteiger partial charge in [-0.3, -0.25) is 4.90 Å². The first-order valence-corrected chi connectivity index (χ1v) is 11.6. The van der Waals surface area contributed by atoms with Crippen molar-refractivity contribution >= 4 is 23.3 Å². The second-order valence-electron chi connectivity index (χ2n) is 8.73. The Morgan fingerprint density at radius 1 is 1.06 bits per heavy atom. The van der Waals surface area contributed by atoms with E-state index in [1.807, 2.05) is 29.2 Å². The molecule has 5 nitrogen and oxygen atoms in total. The summed E-state index contributed by atoms with van der Waals surface area (Å²) in [5, 5.41) is 0.466. The number of halogens is 1. The second-order valence-corrected chi connectivity index (χ2v) is 9.12. The molecule has 2 atom stereocenters. The van der Waals surface area contributed by atoms with Crippen molar-refractivity contribution in [3.05, 3.63) is 94.8 Å². The number of benzene rings is 2. The number of carbonyl (C=O) groups excluding carboxylic acids is 1. The molecular formula is C27H23ClN2O3. The number of morpholine rings is 1. The minimum absolute atomic E-state index is 0.0484. The fraction of sp³-hybridized carbons (Fsp3) is 0.259. The SMILES string of the molecule is O=C(OCC1c2ccccc2-c2ccccc21)N1C2C=C(c3ccnc(Cl)c3)CC1COC2. The quantitative estimate of drug-likeness (QED) is 0.483. The van der Waals surface area contributed by atoms with Gasteiger partial charge in [-0.2, -0.15) is 0 Å². The molecule has 6 heteroatoms. The number of aromatic nitrogens is 1. The largest absolute Gasteiger partial charge is 0.448 e. The fourth-order valence-electron chi connectivity index (χ4n) is 5.37. The number of amides is 1. The summed E-state index contributed by atoms with van der Waals surface area (Å²) in [4.78, 5) is 19.2. The highest BCUT2D eigenvalue weighted by molar-refractivity contribution is 6.29. The summed E-state index contributed by atoms with van der Waals surface area (Å²) in [5.41, 5.74) is 7.08. The lowest BCUT2D eigenvalue weighted by atomic mass is 9.90. The average Bonchev–Trinajstić information content (AvgIpc) is 3.15. The Hall–Kier alpha value is -3.15. The molecule has 0 saturated carbocycles. The second kappa shape index (κ2) is 8.32. The maximum atomic E-state index is 13.3. The van der Waals surface area contributed by atoms with Gasteiger partial charge in [0.1, 0.15) is 11.8 Å². The van der Waals surface area contributed by atoms with E-state index in [-0.39, 0.29) is 24.1 Å². The van der Waals surface area contributed by atoms with Gasteiger partial charge in [0.25, 0.3) is 0 Å². The third kappa shape index (κ3) is 3.62. The minimum Gasteiger partial charge on any atom is -0.448 e. The zero-order valence-electron chi connectivity index (χ0n) is 18.0. The van der Waals surface area contributed by atoms with Crippen LogP contribution in [-0.2, 0) is 9.47 Å². The molecule has 2 aliphatic heterocycles. The zero-order chi connectivity index (χ0) is 22.4. The van der Waals surface area contributed by atoms with E-state index in [0.717, 1.165) is 5.56 Å². The molecule has 1 amide bonds. The van der Waals surface area contributed by atoms with Crippen molar-refractivity contribution in [3.63, 3.8) is 0 Å². The van der Waals surface area contributed by atoms with E-state index in [1.165, 1.54) is 27.8 Å². The molecule has 33 heavy (non-hydrogen) atoms. The lowest BCUT2D eigenvalue weighted by Crippen LogP contribution is -2.56.